The van der Waals surface area contributed by atoms with E-state index in [1.807, 2.05) is 25.7 Å². The van der Waals surface area contributed by atoms with Gasteiger partial charge in [-0.3, -0.25) is 4.79 Å². The summed E-state index contributed by atoms with van der Waals surface area (Å²) in [5.74, 6) is 1.62. The maximum Gasteiger partial charge on any atom is 0.254 e. The smallest absolute Gasteiger partial charge is 0.254 e. The molecule has 0 aliphatic carbocycles. The second kappa shape index (κ2) is 9.56. The molecule has 2 aliphatic rings. The predicted molar refractivity (Wildman–Crippen MR) is 136 cm³/mol. The fraction of sp³-hybridized carbons (Fsp3) is 0.393. The van der Waals surface area contributed by atoms with Crippen molar-refractivity contribution in [3.05, 3.63) is 66.0 Å². The molecule has 1 amide bonds. The summed E-state index contributed by atoms with van der Waals surface area (Å²) in [6, 6.07) is 16.2. The lowest BCUT2D eigenvalue weighted by molar-refractivity contribution is 0.0675. The van der Waals surface area contributed by atoms with Crippen LogP contribution < -0.4 is 19.5 Å². The third-order valence-corrected chi connectivity index (χ3v) is 6.84. The fourth-order valence-electron chi connectivity index (χ4n) is 5.26. The number of amides is 1. The molecule has 7 heteroatoms. The Morgan fingerprint density at radius 2 is 1.57 bits per heavy atom. The number of nitrogens with zero attached hydrogens (tertiary/aromatic N) is 2. The lowest BCUT2D eigenvalue weighted by Gasteiger charge is -2.46. The third-order valence-electron chi connectivity index (χ3n) is 6.84. The van der Waals surface area contributed by atoms with E-state index in [1.54, 1.807) is 12.1 Å². The molecule has 5 rings (SSSR count). The van der Waals surface area contributed by atoms with Crippen molar-refractivity contribution in [2.75, 3.05) is 38.2 Å². The zero-order valence-electron chi connectivity index (χ0n) is 20.7. The summed E-state index contributed by atoms with van der Waals surface area (Å²) in [4.78, 5) is 15.5. The van der Waals surface area contributed by atoms with E-state index < -0.39 is 0 Å². The number of likely N-dealkylation sites (tertiary alicyclic amines) is 1. The van der Waals surface area contributed by atoms with E-state index in [0.29, 0.717) is 55.7 Å². The average molecular weight is 476 g/mol. The lowest BCUT2D eigenvalue weighted by atomic mass is 9.82. The second-order valence-corrected chi connectivity index (χ2v) is 8.88. The zero-order valence-corrected chi connectivity index (χ0v) is 20.7. The summed E-state index contributed by atoms with van der Waals surface area (Å²) in [6.45, 7) is 8.49. The van der Waals surface area contributed by atoms with E-state index in [1.165, 1.54) is 5.69 Å². The van der Waals surface area contributed by atoms with Crippen molar-refractivity contribution in [3.8, 4) is 22.9 Å². The van der Waals surface area contributed by atoms with Gasteiger partial charge in [0, 0.05) is 30.5 Å². The van der Waals surface area contributed by atoms with Crippen LogP contribution in [-0.4, -0.2) is 48.3 Å². The van der Waals surface area contributed by atoms with Crippen molar-refractivity contribution in [3.63, 3.8) is 0 Å². The predicted octanol–water partition coefficient (Wildman–Crippen LogP) is 5.23. The summed E-state index contributed by atoms with van der Waals surface area (Å²) in [5, 5.41) is 3.81. The summed E-state index contributed by atoms with van der Waals surface area (Å²) in [5.41, 5.74) is 3.91. The molecule has 184 valence electrons. The van der Waals surface area contributed by atoms with Gasteiger partial charge in [-0.25, -0.2) is 0 Å². The number of nitrogens with one attached hydrogen (secondary N) is 1. The van der Waals surface area contributed by atoms with Crippen molar-refractivity contribution in [2.24, 2.45) is 0 Å². The highest BCUT2D eigenvalue weighted by molar-refractivity contribution is 5.95. The van der Waals surface area contributed by atoms with Crippen LogP contribution >= 0.6 is 0 Å². The highest BCUT2D eigenvalue weighted by atomic mass is 16.5. The first-order valence-corrected chi connectivity index (χ1v) is 12.5. The molecule has 0 radical (unpaired) electrons. The first-order chi connectivity index (χ1) is 17.1. The minimum Gasteiger partial charge on any atom is -0.490 e. The van der Waals surface area contributed by atoms with E-state index in [9.17, 15) is 4.79 Å². The largest absolute Gasteiger partial charge is 0.490 e. The van der Waals surface area contributed by atoms with Crippen LogP contribution in [0.1, 0.15) is 49.7 Å². The quantitative estimate of drug-likeness (QED) is 0.507. The minimum absolute atomic E-state index is 0.0172. The van der Waals surface area contributed by atoms with Gasteiger partial charge in [-0.1, -0.05) is 12.1 Å². The number of rotatable bonds is 7. The molecule has 2 aliphatic heterocycles. The highest BCUT2D eigenvalue weighted by Crippen LogP contribution is 2.44. The molecule has 1 aromatic heterocycles. The molecule has 7 nitrogen and oxygen atoms in total. The molecular formula is C28H33N3O4. The van der Waals surface area contributed by atoms with Crippen LogP contribution in [0, 0.1) is 0 Å². The molecule has 1 spiro atoms. The molecule has 0 bridgehead atoms. The Kier molecular flexibility index (Phi) is 6.32. The number of hydrogen-bond donors (Lipinski definition) is 1. The van der Waals surface area contributed by atoms with Gasteiger partial charge < -0.3 is 29.0 Å². The molecule has 0 saturated carbocycles. The molecule has 35 heavy (non-hydrogen) atoms. The van der Waals surface area contributed by atoms with E-state index >= 15 is 0 Å². The van der Waals surface area contributed by atoms with Crippen LogP contribution in [0.2, 0.25) is 0 Å². The van der Waals surface area contributed by atoms with Crippen LogP contribution in [0.5, 0.6) is 17.2 Å². The topological polar surface area (TPSA) is 65.0 Å². The van der Waals surface area contributed by atoms with Crippen LogP contribution in [0.15, 0.2) is 54.7 Å². The first-order valence-electron chi connectivity index (χ1n) is 12.5. The number of fused-ring (bicyclic) bond motifs is 4. The fourth-order valence-corrected chi connectivity index (χ4v) is 5.26. The van der Waals surface area contributed by atoms with Crippen molar-refractivity contribution >= 4 is 11.6 Å². The summed E-state index contributed by atoms with van der Waals surface area (Å²) >= 11 is 0. The van der Waals surface area contributed by atoms with Gasteiger partial charge in [0.15, 0.2) is 11.5 Å². The number of para-hydroxylation sites is 2. The summed E-state index contributed by atoms with van der Waals surface area (Å²) in [6.07, 6.45) is 3.77. The summed E-state index contributed by atoms with van der Waals surface area (Å²) < 4.78 is 19.7. The molecule has 2 aromatic carbocycles. The standard InChI is InChI=1S/C28H33N3O4/c1-4-33-23-18-20(19-24(34-5-2)26(23)35-6-3)27(32)30-16-13-28(14-17-30)25-12-9-15-31(25)22-11-8-7-10-21(22)29-28/h7-12,15,18-19,29H,4-6,13-14,16-17H2,1-3H3. The number of carbonyl (C=O) groups is 1. The number of carbonyl (C=O) groups excluding carboxylic acids is 1. The number of aromatic nitrogens is 1. The average Bonchev–Trinajstić information content (AvgIpc) is 3.38. The molecule has 1 saturated heterocycles. The number of anilines is 1. The Bertz CT molecular complexity index is 1180. The van der Waals surface area contributed by atoms with Crippen LogP contribution in [-0.2, 0) is 5.54 Å². The van der Waals surface area contributed by atoms with Crippen molar-refractivity contribution in [2.45, 2.75) is 39.2 Å². The molecule has 1 N–H and O–H groups in total. The van der Waals surface area contributed by atoms with E-state index in [2.05, 4.69) is 52.5 Å². The number of piperidine rings is 1. The molecular weight excluding hydrogens is 442 g/mol. The zero-order chi connectivity index (χ0) is 24.4. The molecule has 0 unspecified atom stereocenters. The van der Waals surface area contributed by atoms with Gasteiger partial charge in [0.2, 0.25) is 5.75 Å². The monoisotopic (exact) mass is 475 g/mol. The van der Waals surface area contributed by atoms with Gasteiger partial charge in [0.25, 0.3) is 5.91 Å². The first kappa shape index (κ1) is 23.1. The highest BCUT2D eigenvalue weighted by Gasteiger charge is 2.42. The van der Waals surface area contributed by atoms with Crippen LogP contribution in [0.4, 0.5) is 5.69 Å². The van der Waals surface area contributed by atoms with Crippen molar-refractivity contribution in [1.82, 2.24) is 9.47 Å². The minimum atomic E-state index is -0.194. The Hall–Kier alpha value is -3.61. The molecule has 3 heterocycles. The summed E-state index contributed by atoms with van der Waals surface area (Å²) in [7, 11) is 0. The van der Waals surface area contributed by atoms with Crippen molar-refractivity contribution < 1.29 is 19.0 Å². The van der Waals surface area contributed by atoms with Gasteiger partial charge in [-0.05, 0) is 70.0 Å². The Labute approximate surface area is 206 Å². The molecule has 0 atom stereocenters. The number of benzene rings is 2. The van der Waals surface area contributed by atoms with Gasteiger partial charge >= 0.3 is 0 Å². The van der Waals surface area contributed by atoms with E-state index in [4.69, 9.17) is 14.2 Å². The van der Waals surface area contributed by atoms with Gasteiger partial charge in [0.1, 0.15) is 0 Å². The Morgan fingerprint density at radius 3 is 2.23 bits per heavy atom. The molecule has 3 aromatic rings. The SMILES string of the molecule is CCOc1cc(C(=O)N2CCC3(CC2)Nc2ccccc2-n2cccc23)cc(OCC)c1OCC. The number of ether oxygens (including phenoxy) is 3. The van der Waals surface area contributed by atoms with Crippen LogP contribution in [0.3, 0.4) is 0 Å². The Morgan fingerprint density at radius 1 is 0.914 bits per heavy atom. The van der Waals surface area contributed by atoms with E-state index in [-0.39, 0.29) is 11.4 Å². The maximum absolute atomic E-state index is 13.6. The van der Waals surface area contributed by atoms with Crippen molar-refractivity contribution in [1.29, 1.82) is 0 Å². The third kappa shape index (κ3) is 4.09. The molecule has 1 fully saturated rings. The van der Waals surface area contributed by atoms with E-state index in [0.717, 1.165) is 24.2 Å². The maximum atomic E-state index is 13.6. The second-order valence-electron chi connectivity index (χ2n) is 8.88. The van der Waals surface area contributed by atoms with Gasteiger partial charge in [0.05, 0.1) is 36.7 Å². The van der Waals surface area contributed by atoms with Crippen LogP contribution in [0.25, 0.3) is 5.69 Å². The number of hydrogen-bond acceptors (Lipinski definition) is 5. The normalized spacial score (nSPS) is 15.7. The van der Waals surface area contributed by atoms with Gasteiger partial charge in [-0.15, -0.1) is 0 Å². The lowest BCUT2D eigenvalue weighted by Crippen LogP contribution is -2.51. The Balaban J connectivity index is 1.39. The van der Waals surface area contributed by atoms with Gasteiger partial charge in [-0.2, -0.15) is 0 Å².